The summed E-state index contributed by atoms with van der Waals surface area (Å²) in [5, 5.41) is 16.8. The number of aliphatic hydroxyl groups excluding tert-OH is 1. The van der Waals surface area contributed by atoms with Gasteiger partial charge in [-0.05, 0) is 53.3 Å². The number of aryl methyl sites for hydroxylation is 1. The van der Waals surface area contributed by atoms with Crippen LogP contribution in [0.5, 0.6) is 0 Å². The summed E-state index contributed by atoms with van der Waals surface area (Å²) in [6, 6.07) is 9.41. The van der Waals surface area contributed by atoms with Gasteiger partial charge in [0.1, 0.15) is 6.33 Å². The lowest BCUT2D eigenvalue weighted by molar-refractivity contribution is -0.138. The van der Waals surface area contributed by atoms with Gasteiger partial charge in [0, 0.05) is 44.5 Å². The molecule has 4 heterocycles. The number of aliphatic hydroxyl groups is 1. The molecule has 0 radical (unpaired) electrons. The van der Waals surface area contributed by atoms with Crippen LogP contribution in [-0.2, 0) is 36.5 Å². The first kappa shape index (κ1) is 26.9. The van der Waals surface area contributed by atoms with Crippen molar-refractivity contribution >= 4 is 11.6 Å². The summed E-state index contributed by atoms with van der Waals surface area (Å²) in [6.07, 6.45) is -4.09. The molecule has 2 saturated heterocycles. The molecule has 1 atom stereocenters. The number of hydrogen-bond donors (Lipinski definition) is 1. The molecule has 1 aromatic heterocycles. The van der Waals surface area contributed by atoms with Crippen molar-refractivity contribution in [1.29, 1.82) is 0 Å². The number of rotatable bonds is 8. The largest absolute Gasteiger partial charge is 0.416 e. The van der Waals surface area contributed by atoms with E-state index in [9.17, 15) is 18.0 Å². The lowest BCUT2D eigenvalue weighted by Crippen LogP contribution is -2.50. The molecule has 212 valence electrons. The van der Waals surface area contributed by atoms with Crippen molar-refractivity contribution in [3.05, 3.63) is 76.4 Å². The van der Waals surface area contributed by atoms with E-state index < -0.39 is 29.2 Å². The number of ether oxygens (including phenoxy) is 1. The van der Waals surface area contributed by atoms with Gasteiger partial charge >= 0.3 is 6.18 Å². The van der Waals surface area contributed by atoms with Crippen molar-refractivity contribution in [2.75, 3.05) is 37.8 Å². The van der Waals surface area contributed by atoms with Crippen molar-refractivity contribution < 1.29 is 32.2 Å². The average Bonchev–Trinajstić information content (AvgIpc) is 3.44. The minimum atomic E-state index is -4.63. The molecule has 0 spiro atoms. The number of benzene rings is 2. The van der Waals surface area contributed by atoms with Gasteiger partial charge in [-0.2, -0.15) is 13.2 Å². The maximum atomic E-state index is 15.8. The van der Waals surface area contributed by atoms with E-state index >= 15 is 4.39 Å². The number of carbonyl (C=O) groups is 1. The molecule has 40 heavy (non-hydrogen) atoms. The maximum Gasteiger partial charge on any atom is 0.416 e. The van der Waals surface area contributed by atoms with Crippen LogP contribution >= 0.6 is 0 Å². The first-order chi connectivity index (χ1) is 19.1. The highest BCUT2D eigenvalue weighted by atomic mass is 19.4. The Balaban J connectivity index is 1.30. The van der Waals surface area contributed by atoms with Crippen molar-refractivity contribution in [3.63, 3.8) is 0 Å². The molecule has 1 amide bonds. The Hall–Kier alpha value is -3.35. The van der Waals surface area contributed by atoms with Gasteiger partial charge in [-0.15, -0.1) is 10.2 Å². The van der Waals surface area contributed by atoms with Crippen LogP contribution in [0, 0.1) is 5.92 Å². The Kier molecular flexibility index (Phi) is 6.67. The van der Waals surface area contributed by atoms with E-state index in [2.05, 4.69) is 10.2 Å². The predicted octanol–water partition coefficient (Wildman–Crippen LogP) is 3.79. The molecule has 0 unspecified atom stereocenters. The molecule has 3 aliphatic heterocycles. The molecule has 0 saturated carbocycles. The molecule has 3 aliphatic rings. The topological polar surface area (TPSA) is 83.7 Å². The summed E-state index contributed by atoms with van der Waals surface area (Å²) in [4.78, 5) is 16.9. The van der Waals surface area contributed by atoms with E-state index in [1.54, 1.807) is 37.4 Å². The zero-order valence-corrected chi connectivity index (χ0v) is 21.9. The summed E-state index contributed by atoms with van der Waals surface area (Å²) in [5.74, 6) is -0.0521. The number of alkyl halides is 4. The molecule has 8 nitrogen and oxygen atoms in total. The number of hydrogen-bond acceptors (Lipinski definition) is 6. The third-order valence-electron chi connectivity index (χ3n) is 8.29. The Morgan fingerprint density at radius 2 is 1.98 bits per heavy atom. The zero-order chi connectivity index (χ0) is 28.2. The highest BCUT2D eigenvalue weighted by Crippen LogP contribution is 2.47. The van der Waals surface area contributed by atoms with Crippen molar-refractivity contribution in [2.45, 2.75) is 37.3 Å². The fraction of sp³-hybridized carbons (Fsp3) is 0.464. The molecule has 1 N–H and O–H groups in total. The lowest BCUT2D eigenvalue weighted by atomic mass is 9.74. The van der Waals surface area contributed by atoms with Crippen molar-refractivity contribution in [3.8, 4) is 0 Å². The third kappa shape index (κ3) is 4.47. The fourth-order valence-corrected chi connectivity index (χ4v) is 5.98. The summed E-state index contributed by atoms with van der Waals surface area (Å²) < 4.78 is 65.2. The van der Waals surface area contributed by atoms with E-state index in [4.69, 9.17) is 9.84 Å². The molecule has 0 aliphatic carbocycles. The summed E-state index contributed by atoms with van der Waals surface area (Å²) >= 11 is 0. The van der Waals surface area contributed by atoms with Gasteiger partial charge in [0.05, 0.1) is 30.7 Å². The van der Waals surface area contributed by atoms with Crippen molar-refractivity contribution in [1.82, 2.24) is 19.7 Å². The van der Waals surface area contributed by atoms with Gasteiger partial charge in [0.25, 0.3) is 5.91 Å². The van der Waals surface area contributed by atoms with E-state index in [1.165, 1.54) is 15.8 Å². The number of aromatic nitrogens is 3. The molecule has 3 aromatic rings. The quantitative estimate of drug-likeness (QED) is 0.423. The molecule has 0 bridgehead atoms. The standard InChI is InChI=1S/C28H29F4N5O3/c1-35-16-33-34-25(35)24(29)27(14-40-15-27)19-3-2-4-20(9-19)37-13-22-21(26(37)39)7-18(8-23(22)28(30,31)32)12-36-10-17(11-36)5-6-38/h2-4,7-9,16-17,24,38H,5-6,10-15H2,1H3/t24-/m1/s1. The maximum absolute atomic E-state index is 15.8. The van der Waals surface area contributed by atoms with E-state index in [1.807, 2.05) is 4.90 Å². The molecule has 2 aromatic carbocycles. The molecular formula is C28H29F4N5O3. The van der Waals surface area contributed by atoms with Crippen LogP contribution < -0.4 is 4.90 Å². The number of halogens is 4. The average molecular weight is 560 g/mol. The second-order valence-corrected chi connectivity index (χ2v) is 11.0. The number of carbonyl (C=O) groups excluding carboxylic acids is 1. The van der Waals surface area contributed by atoms with Gasteiger partial charge in [-0.25, -0.2) is 4.39 Å². The first-order valence-electron chi connectivity index (χ1n) is 13.1. The zero-order valence-electron chi connectivity index (χ0n) is 21.9. The Morgan fingerprint density at radius 3 is 2.60 bits per heavy atom. The van der Waals surface area contributed by atoms with E-state index in [0.29, 0.717) is 48.8 Å². The monoisotopic (exact) mass is 559 g/mol. The second-order valence-electron chi connectivity index (χ2n) is 11.0. The molecule has 6 rings (SSSR count). The summed E-state index contributed by atoms with van der Waals surface area (Å²) in [6.45, 7) is 1.72. The van der Waals surface area contributed by atoms with Gasteiger partial charge in [-0.1, -0.05) is 12.1 Å². The molecule has 2 fully saturated rings. The Bertz CT molecular complexity index is 1430. The van der Waals surface area contributed by atoms with Crippen molar-refractivity contribution in [2.24, 2.45) is 13.0 Å². The number of anilines is 1. The second kappa shape index (κ2) is 9.93. The van der Waals surface area contributed by atoms with Gasteiger partial charge in [0.15, 0.2) is 12.0 Å². The van der Waals surface area contributed by atoms with Gasteiger partial charge < -0.3 is 19.3 Å². The lowest BCUT2D eigenvalue weighted by Gasteiger charge is -2.43. The van der Waals surface area contributed by atoms with Crippen LogP contribution in [0.1, 0.15) is 51.0 Å². The smallest absolute Gasteiger partial charge is 0.396 e. The number of amides is 1. The van der Waals surface area contributed by atoms with E-state index in [0.717, 1.165) is 6.07 Å². The molecular weight excluding hydrogens is 530 g/mol. The van der Waals surface area contributed by atoms with Gasteiger partial charge in [-0.3, -0.25) is 9.69 Å². The highest BCUT2D eigenvalue weighted by molar-refractivity contribution is 6.10. The summed E-state index contributed by atoms with van der Waals surface area (Å²) in [7, 11) is 1.65. The SMILES string of the molecule is Cn1cnnc1[C@@H](F)C1(c2cccc(N3Cc4c(cc(CN5CC(CCO)C5)cc4C(F)(F)F)C3=O)c2)COC1. The Morgan fingerprint density at radius 1 is 1.20 bits per heavy atom. The van der Waals surface area contributed by atoms with Crippen LogP contribution in [0.2, 0.25) is 0 Å². The summed E-state index contributed by atoms with van der Waals surface area (Å²) in [5.41, 5.74) is -0.505. The predicted molar refractivity (Wildman–Crippen MR) is 136 cm³/mol. The van der Waals surface area contributed by atoms with Gasteiger partial charge in [0.2, 0.25) is 0 Å². The normalized spacial score (nSPS) is 19.9. The van der Waals surface area contributed by atoms with Crippen LogP contribution in [0.3, 0.4) is 0 Å². The Labute approximate surface area is 228 Å². The first-order valence-corrected chi connectivity index (χ1v) is 13.1. The van der Waals surface area contributed by atoms with Crippen LogP contribution in [0.25, 0.3) is 0 Å². The van der Waals surface area contributed by atoms with Crippen LogP contribution in [-0.4, -0.2) is 63.6 Å². The highest BCUT2D eigenvalue weighted by Gasteiger charge is 2.51. The minimum absolute atomic E-state index is 0.0341. The fourth-order valence-electron chi connectivity index (χ4n) is 5.98. The number of nitrogens with zero attached hydrogens (tertiary/aromatic N) is 5. The minimum Gasteiger partial charge on any atom is -0.396 e. The van der Waals surface area contributed by atoms with Crippen LogP contribution in [0.15, 0.2) is 42.7 Å². The number of fused-ring (bicyclic) bond motifs is 1. The van der Waals surface area contributed by atoms with E-state index in [-0.39, 0.29) is 43.3 Å². The third-order valence-corrected chi connectivity index (χ3v) is 8.29. The van der Waals surface area contributed by atoms with Crippen LogP contribution in [0.4, 0.5) is 23.2 Å². The molecule has 12 heteroatoms. The number of likely N-dealkylation sites (tertiary alicyclic amines) is 1.